The van der Waals surface area contributed by atoms with Crippen molar-refractivity contribution in [1.82, 2.24) is 24.4 Å². The van der Waals surface area contributed by atoms with E-state index in [0.717, 1.165) is 25.8 Å². The Balaban J connectivity index is 1.88. The number of hydrogen-bond donors (Lipinski definition) is 1. The number of carbonyl (C=O) groups is 1. The minimum absolute atomic E-state index is 0.00305. The first-order valence-electron chi connectivity index (χ1n) is 9.61. The van der Waals surface area contributed by atoms with Gasteiger partial charge in [-0.2, -0.15) is 5.10 Å². The van der Waals surface area contributed by atoms with Gasteiger partial charge in [0.2, 0.25) is 10.0 Å². The average molecular weight is 406 g/mol. The molecule has 0 saturated carbocycles. The summed E-state index contributed by atoms with van der Waals surface area (Å²) in [6.07, 6.45) is 3.28. The first kappa shape index (κ1) is 20.5. The van der Waals surface area contributed by atoms with Crippen LogP contribution in [0.4, 0.5) is 0 Å². The Kier molecular flexibility index (Phi) is 6.14. The van der Waals surface area contributed by atoms with Crippen LogP contribution < -0.4 is 4.72 Å². The smallest absolute Gasteiger partial charge is 0.254 e. The number of amides is 1. The minimum atomic E-state index is -3.90. The molecule has 28 heavy (non-hydrogen) atoms. The molecule has 1 atom stereocenters. The summed E-state index contributed by atoms with van der Waals surface area (Å²) in [4.78, 5) is 18.8. The monoisotopic (exact) mass is 405 g/mol. The van der Waals surface area contributed by atoms with Gasteiger partial charge in [-0.05, 0) is 38.3 Å². The fourth-order valence-corrected chi connectivity index (χ4v) is 4.84. The van der Waals surface area contributed by atoms with Crippen molar-refractivity contribution < 1.29 is 13.2 Å². The zero-order valence-electron chi connectivity index (χ0n) is 16.6. The van der Waals surface area contributed by atoms with E-state index in [0.29, 0.717) is 24.6 Å². The molecule has 1 aliphatic rings. The summed E-state index contributed by atoms with van der Waals surface area (Å²) in [6.45, 7) is 5.15. The van der Waals surface area contributed by atoms with Crippen molar-refractivity contribution >= 4 is 15.9 Å². The van der Waals surface area contributed by atoms with Crippen molar-refractivity contribution in [2.24, 2.45) is 0 Å². The van der Waals surface area contributed by atoms with Gasteiger partial charge < -0.3 is 4.90 Å². The lowest BCUT2D eigenvalue weighted by Crippen LogP contribution is -2.35. The summed E-state index contributed by atoms with van der Waals surface area (Å²) in [6, 6.07) is 5.89. The molecular formula is C19H27N5O3S. The maximum atomic E-state index is 13.1. The number of hydrogen-bond acceptors (Lipinski definition) is 5. The highest BCUT2D eigenvalue weighted by Gasteiger charge is 2.31. The number of fused-ring (bicyclic) bond motifs is 1. The van der Waals surface area contributed by atoms with Crippen molar-refractivity contribution in [3.05, 3.63) is 41.5 Å². The fraction of sp³-hybridized carbons (Fsp3) is 0.526. The molecule has 0 radical (unpaired) electrons. The second-order valence-electron chi connectivity index (χ2n) is 7.13. The van der Waals surface area contributed by atoms with Crippen LogP contribution in [0.5, 0.6) is 0 Å². The third-order valence-corrected chi connectivity index (χ3v) is 6.41. The molecule has 1 aliphatic heterocycles. The summed E-state index contributed by atoms with van der Waals surface area (Å²) >= 11 is 0. The van der Waals surface area contributed by atoms with Crippen LogP contribution in [0.15, 0.2) is 29.2 Å². The van der Waals surface area contributed by atoms with E-state index < -0.39 is 16.1 Å². The predicted octanol–water partition coefficient (Wildman–Crippen LogP) is 2.27. The van der Waals surface area contributed by atoms with Gasteiger partial charge in [0.1, 0.15) is 11.6 Å². The number of sulfonamides is 1. The second kappa shape index (κ2) is 8.40. The first-order chi connectivity index (χ1) is 13.3. The second-order valence-corrected chi connectivity index (χ2v) is 8.82. The molecule has 1 unspecified atom stereocenters. The molecular weight excluding hydrogens is 378 g/mol. The molecule has 0 spiro atoms. The lowest BCUT2D eigenvalue weighted by atomic mass is 10.1. The molecule has 0 aliphatic carbocycles. The summed E-state index contributed by atoms with van der Waals surface area (Å²) in [5.41, 5.74) is 0.182. The number of aryl methyl sites for hydroxylation is 2. The van der Waals surface area contributed by atoms with Crippen molar-refractivity contribution in [2.75, 3.05) is 13.6 Å². The maximum absolute atomic E-state index is 13.1. The summed E-state index contributed by atoms with van der Waals surface area (Å²) in [5.74, 6) is 0.947. The third kappa shape index (κ3) is 4.25. The number of nitrogens with zero attached hydrogens (tertiary/aromatic N) is 4. The number of benzene rings is 1. The normalized spacial score (nSPS) is 16.6. The molecule has 152 valence electrons. The molecule has 1 N–H and O–H groups in total. The third-order valence-electron chi connectivity index (χ3n) is 4.88. The van der Waals surface area contributed by atoms with Gasteiger partial charge in [0.25, 0.3) is 5.91 Å². The molecule has 1 amide bonds. The van der Waals surface area contributed by atoms with Gasteiger partial charge in [0.05, 0.1) is 16.5 Å². The van der Waals surface area contributed by atoms with E-state index in [1.807, 2.05) is 6.92 Å². The minimum Gasteiger partial charge on any atom is -0.342 e. The van der Waals surface area contributed by atoms with Crippen molar-refractivity contribution in [1.29, 1.82) is 0 Å². The van der Waals surface area contributed by atoms with E-state index in [1.165, 1.54) is 6.07 Å². The predicted molar refractivity (Wildman–Crippen MR) is 105 cm³/mol. The van der Waals surface area contributed by atoms with E-state index in [2.05, 4.69) is 14.8 Å². The standard InChI is InChI=1S/C19H27N5O3S/c1-4-5-12-23(3)19(25)15-9-6-7-11-17(15)28(26,27)22-16-10-8-13-24-18(16)20-14(2)21-24/h6-7,9,11,16,22H,4-5,8,10,12-13H2,1-3H3. The molecule has 8 nitrogen and oxygen atoms in total. The van der Waals surface area contributed by atoms with Crippen molar-refractivity contribution in [3.63, 3.8) is 0 Å². The van der Waals surface area contributed by atoms with Gasteiger partial charge >= 0.3 is 0 Å². The van der Waals surface area contributed by atoms with Crippen LogP contribution in [0.3, 0.4) is 0 Å². The van der Waals surface area contributed by atoms with Gasteiger partial charge in [0.15, 0.2) is 0 Å². The van der Waals surface area contributed by atoms with Crippen LogP contribution in [0, 0.1) is 6.92 Å². The van der Waals surface area contributed by atoms with Gasteiger partial charge in [-0.3, -0.25) is 4.79 Å². The first-order valence-corrected chi connectivity index (χ1v) is 11.1. The van der Waals surface area contributed by atoms with Gasteiger partial charge in [-0.1, -0.05) is 25.5 Å². The summed E-state index contributed by atoms with van der Waals surface area (Å²) in [7, 11) is -2.21. The number of aromatic nitrogens is 3. The number of rotatable bonds is 7. The van der Waals surface area contributed by atoms with Crippen LogP contribution >= 0.6 is 0 Å². The molecule has 2 aromatic rings. The average Bonchev–Trinajstić information content (AvgIpc) is 3.06. The topological polar surface area (TPSA) is 97.2 Å². The zero-order valence-corrected chi connectivity index (χ0v) is 17.4. The van der Waals surface area contributed by atoms with Crippen LogP contribution in [0.1, 0.15) is 60.7 Å². The number of carbonyl (C=O) groups excluding carboxylic acids is 1. The lowest BCUT2D eigenvalue weighted by molar-refractivity contribution is 0.0789. The Labute approximate surface area is 166 Å². The van der Waals surface area contributed by atoms with E-state index in [-0.39, 0.29) is 16.4 Å². The van der Waals surface area contributed by atoms with Crippen LogP contribution in [-0.4, -0.2) is 47.6 Å². The molecule has 3 rings (SSSR count). The number of unbranched alkanes of at least 4 members (excludes halogenated alkanes) is 1. The highest BCUT2D eigenvalue weighted by Crippen LogP contribution is 2.26. The molecule has 0 fully saturated rings. The van der Waals surface area contributed by atoms with E-state index >= 15 is 0 Å². The Bertz CT molecular complexity index is 954. The van der Waals surface area contributed by atoms with Crippen LogP contribution in [-0.2, 0) is 16.6 Å². The van der Waals surface area contributed by atoms with Crippen LogP contribution in [0.25, 0.3) is 0 Å². The van der Waals surface area contributed by atoms with E-state index in [1.54, 1.807) is 41.8 Å². The Morgan fingerprint density at radius 3 is 2.86 bits per heavy atom. The van der Waals surface area contributed by atoms with E-state index in [4.69, 9.17) is 0 Å². The molecule has 1 aromatic heterocycles. The molecule has 0 saturated heterocycles. The largest absolute Gasteiger partial charge is 0.342 e. The Morgan fingerprint density at radius 1 is 1.36 bits per heavy atom. The van der Waals surface area contributed by atoms with Crippen molar-refractivity contribution in [3.8, 4) is 0 Å². The zero-order chi connectivity index (χ0) is 20.3. The lowest BCUT2D eigenvalue weighted by Gasteiger charge is -2.24. The highest BCUT2D eigenvalue weighted by atomic mass is 32.2. The molecule has 0 bridgehead atoms. The van der Waals surface area contributed by atoms with Crippen molar-refractivity contribution in [2.45, 2.75) is 57.0 Å². The highest BCUT2D eigenvalue weighted by molar-refractivity contribution is 7.89. The quantitative estimate of drug-likeness (QED) is 0.762. The van der Waals surface area contributed by atoms with E-state index in [9.17, 15) is 13.2 Å². The maximum Gasteiger partial charge on any atom is 0.254 e. The fourth-order valence-electron chi connectivity index (χ4n) is 3.41. The van der Waals surface area contributed by atoms with Gasteiger partial charge in [-0.15, -0.1) is 0 Å². The molecule has 2 heterocycles. The summed E-state index contributed by atoms with van der Waals surface area (Å²) < 4.78 is 30.8. The van der Waals surface area contributed by atoms with Gasteiger partial charge in [0, 0.05) is 20.1 Å². The summed E-state index contributed by atoms with van der Waals surface area (Å²) in [5, 5.41) is 4.31. The SMILES string of the molecule is CCCCN(C)C(=O)c1ccccc1S(=O)(=O)NC1CCCn2nc(C)nc21. The number of nitrogens with one attached hydrogen (secondary N) is 1. The molecule has 9 heteroatoms. The Morgan fingerprint density at radius 2 is 2.11 bits per heavy atom. The van der Waals surface area contributed by atoms with Crippen LogP contribution in [0.2, 0.25) is 0 Å². The molecule has 1 aromatic carbocycles. The Hall–Kier alpha value is -2.26. The van der Waals surface area contributed by atoms with Gasteiger partial charge in [-0.25, -0.2) is 22.8 Å².